The van der Waals surface area contributed by atoms with E-state index in [-0.39, 0.29) is 24.3 Å². The molecule has 2 aromatic rings. The van der Waals surface area contributed by atoms with Gasteiger partial charge in [-0.05, 0) is 74.1 Å². The van der Waals surface area contributed by atoms with E-state index in [0.29, 0.717) is 30.8 Å². The second-order valence-electron chi connectivity index (χ2n) is 8.20. The van der Waals surface area contributed by atoms with Crippen molar-refractivity contribution in [2.45, 2.75) is 38.1 Å². The zero-order chi connectivity index (χ0) is 22.5. The number of hydrogen-bond donors (Lipinski definition) is 3. The molecule has 2 aliphatic heterocycles. The van der Waals surface area contributed by atoms with Gasteiger partial charge >= 0.3 is 0 Å². The summed E-state index contributed by atoms with van der Waals surface area (Å²) in [5.41, 5.74) is 2.92. The number of nitrogens with zero attached hydrogens (tertiary/aromatic N) is 1. The van der Waals surface area contributed by atoms with Crippen LogP contribution in [-0.4, -0.2) is 43.4 Å². The van der Waals surface area contributed by atoms with Crippen LogP contribution in [0.2, 0.25) is 0 Å². The maximum absolute atomic E-state index is 13.1. The molecule has 168 valence electrons. The van der Waals surface area contributed by atoms with Crippen LogP contribution in [0, 0.1) is 5.82 Å². The van der Waals surface area contributed by atoms with Crippen molar-refractivity contribution in [1.29, 1.82) is 0 Å². The molecular formula is C24H27FN4O3. The molecule has 2 aromatic carbocycles. The highest BCUT2D eigenvalue weighted by Gasteiger charge is 2.26. The van der Waals surface area contributed by atoms with Crippen molar-refractivity contribution >= 4 is 29.1 Å². The van der Waals surface area contributed by atoms with Crippen LogP contribution < -0.4 is 20.9 Å². The van der Waals surface area contributed by atoms with Gasteiger partial charge in [0, 0.05) is 30.0 Å². The number of halogens is 1. The minimum Gasteiger partial charge on any atom is -0.362 e. The normalized spacial score (nSPS) is 18.2. The predicted octanol–water partition coefficient (Wildman–Crippen LogP) is 2.62. The van der Waals surface area contributed by atoms with E-state index < -0.39 is 11.9 Å². The fourth-order valence-electron chi connectivity index (χ4n) is 4.27. The lowest BCUT2D eigenvalue weighted by atomic mass is 9.99. The quantitative estimate of drug-likeness (QED) is 0.669. The van der Waals surface area contributed by atoms with Crippen LogP contribution in [0.4, 0.5) is 15.8 Å². The average molecular weight is 439 g/mol. The Labute approximate surface area is 186 Å². The van der Waals surface area contributed by atoms with Gasteiger partial charge < -0.3 is 20.9 Å². The van der Waals surface area contributed by atoms with Gasteiger partial charge in [-0.1, -0.05) is 6.07 Å². The lowest BCUT2D eigenvalue weighted by Crippen LogP contribution is -2.49. The van der Waals surface area contributed by atoms with E-state index >= 15 is 0 Å². The van der Waals surface area contributed by atoms with Gasteiger partial charge in [0.15, 0.2) is 0 Å². The Kier molecular flexibility index (Phi) is 6.68. The number of fused-ring (bicyclic) bond motifs is 1. The molecule has 8 heteroatoms. The summed E-state index contributed by atoms with van der Waals surface area (Å²) in [6.45, 7) is 1.51. The summed E-state index contributed by atoms with van der Waals surface area (Å²) in [6.07, 6.45) is 4.08. The molecule has 0 aromatic heterocycles. The molecule has 0 radical (unpaired) electrons. The summed E-state index contributed by atoms with van der Waals surface area (Å²) in [7, 11) is 0. The minimum absolute atomic E-state index is 0.124. The first-order valence-corrected chi connectivity index (χ1v) is 11.0. The highest BCUT2D eigenvalue weighted by atomic mass is 19.1. The van der Waals surface area contributed by atoms with Crippen molar-refractivity contribution in [3.8, 4) is 0 Å². The number of carbonyl (C=O) groups is 3. The molecule has 1 saturated heterocycles. The third-order valence-corrected chi connectivity index (χ3v) is 5.91. The van der Waals surface area contributed by atoms with Crippen molar-refractivity contribution in [3.05, 3.63) is 59.4 Å². The summed E-state index contributed by atoms with van der Waals surface area (Å²) in [4.78, 5) is 39.4. The van der Waals surface area contributed by atoms with Gasteiger partial charge in [0.25, 0.3) is 5.91 Å². The Bertz CT molecular complexity index is 1010. The summed E-state index contributed by atoms with van der Waals surface area (Å²) in [5.74, 6) is -1.03. The average Bonchev–Trinajstić information content (AvgIpc) is 2.99. The van der Waals surface area contributed by atoms with Gasteiger partial charge in [0.05, 0.1) is 6.54 Å². The van der Waals surface area contributed by atoms with Gasteiger partial charge in [0.2, 0.25) is 11.8 Å². The Morgan fingerprint density at radius 2 is 1.91 bits per heavy atom. The van der Waals surface area contributed by atoms with Crippen LogP contribution in [0.3, 0.4) is 0 Å². The Balaban J connectivity index is 1.45. The lowest BCUT2D eigenvalue weighted by Gasteiger charge is -2.32. The summed E-state index contributed by atoms with van der Waals surface area (Å²) in [6, 6.07) is 10.5. The molecule has 3 amide bonds. The standard InChI is InChI=1S/C24H27FN4O3/c25-17-11-9-16(10-12-17)23(31)28-19-7-3-8-21-18(19)5-4-14-29(21)15-22(30)27-20-6-1-2-13-26-24(20)32/h3,7-12,20H,1-2,4-6,13-15H2,(H,26,32)(H,27,30)(H,28,31). The highest BCUT2D eigenvalue weighted by Crippen LogP contribution is 2.33. The number of benzene rings is 2. The van der Waals surface area contributed by atoms with Gasteiger partial charge in [-0.25, -0.2) is 4.39 Å². The van der Waals surface area contributed by atoms with Gasteiger partial charge in [0.1, 0.15) is 11.9 Å². The molecule has 7 nitrogen and oxygen atoms in total. The first-order chi connectivity index (χ1) is 15.5. The van der Waals surface area contributed by atoms with E-state index in [2.05, 4.69) is 16.0 Å². The summed E-state index contributed by atoms with van der Waals surface area (Å²) < 4.78 is 13.1. The number of rotatable bonds is 5. The summed E-state index contributed by atoms with van der Waals surface area (Å²) >= 11 is 0. The fourth-order valence-corrected chi connectivity index (χ4v) is 4.27. The summed E-state index contributed by atoms with van der Waals surface area (Å²) in [5, 5.41) is 8.62. The number of anilines is 2. The zero-order valence-corrected chi connectivity index (χ0v) is 17.8. The largest absolute Gasteiger partial charge is 0.362 e. The number of carbonyl (C=O) groups excluding carboxylic acids is 3. The molecular weight excluding hydrogens is 411 g/mol. The zero-order valence-electron chi connectivity index (χ0n) is 17.8. The molecule has 4 rings (SSSR count). The topological polar surface area (TPSA) is 90.5 Å². The second-order valence-corrected chi connectivity index (χ2v) is 8.20. The van der Waals surface area contributed by atoms with E-state index in [1.807, 2.05) is 23.1 Å². The maximum Gasteiger partial charge on any atom is 0.255 e. The minimum atomic E-state index is -0.490. The molecule has 32 heavy (non-hydrogen) atoms. The van der Waals surface area contributed by atoms with E-state index in [1.165, 1.54) is 24.3 Å². The second kappa shape index (κ2) is 9.80. The number of hydrogen-bond acceptors (Lipinski definition) is 4. The van der Waals surface area contributed by atoms with Crippen molar-refractivity contribution < 1.29 is 18.8 Å². The highest BCUT2D eigenvalue weighted by molar-refractivity contribution is 6.05. The SMILES string of the molecule is O=C(CN1CCCc2c(NC(=O)c3ccc(F)cc3)cccc21)NC1CCCCNC1=O. The van der Waals surface area contributed by atoms with Crippen LogP contribution in [0.1, 0.15) is 41.6 Å². The molecule has 3 N–H and O–H groups in total. The Morgan fingerprint density at radius 1 is 1.09 bits per heavy atom. The molecule has 0 aliphatic carbocycles. The third kappa shape index (κ3) is 5.07. The van der Waals surface area contributed by atoms with Crippen LogP contribution >= 0.6 is 0 Å². The fraction of sp³-hybridized carbons (Fsp3) is 0.375. The molecule has 2 heterocycles. The molecule has 1 unspecified atom stereocenters. The number of amides is 3. The first kappa shape index (κ1) is 21.8. The molecule has 0 bridgehead atoms. The molecule has 0 saturated carbocycles. The van der Waals surface area contributed by atoms with E-state index in [9.17, 15) is 18.8 Å². The first-order valence-electron chi connectivity index (χ1n) is 11.0. The maximum atomic E-state index is 13.1. The van der Waals surface area contributed by atoms with Crippen molar-refractivity contribution in [2.75, 3.05) is 29.9 Å². The van der Waals surface area contributed by atoms with E-state index in [4.69, 9.17) is 0 Å². The van der Waals surface area contributed by atoms with Crippen LogP contribution in [-0.2, 0) is 16.0 Å². The van der Waals surface area contributed by atoms with Crippen LogP contribution in [0.25, 0.3) is 0 Å². The molecule has 0 spiro atoms. The van der Waals surface area contributed by atoms with E-state index in [1.54, 1.807) is 0 Å². The predicted molar refractivity (Wildman–Crippen MR) is 120 cm³/mol. The Morgan fingerprint density at radius 3 is 2.72 bits per heavy atom. The van der Waals surface area contributed by atoms with Gasteiger partial charge in [-0.15, -0.1) is 0 Å². The van der Waals surface area contributed by atoms with Crippen molar-refractivity contribution in [3.63, 3.8) is 0 Å². The van der Waals surface area contributed by atoms with Crippen molar-refractivity contribution in [1.82, 2.24) is 10.6 Å². The van der Waals surface area contributed by atoms with E-state index in [0.717, 1.165) is 36.9 Å². The number of nitrogens with one attached hydrogen (secondary N) is 3. The lowest BCUT2D eigenvalue weighted by molar-refractivity contribution is -0.128. The Hall–Kier alpha value is -3.42. The monoisotopic (exact) mass is 438 g/mol. The van der Waals surface area contributed by atoms with Crippen LogP contribution in [0.15, 0.2) is 42.5 Å². The molecule has 1 fully saturated rings. The van der Waals surface area contributed by atoms with Crippen LogP contribution in [0.5, 0.6) is 0 Å². The molecule has 2 aliphatic rings. The van der Waals surface area contributed by atoms with Gasteiger partial charge in [-0.3, -0.25) is 14.4 Å². The third-order valence-electron chi connectivity index (χ3n) is 5.91. The van der Waals surface area contributed by atoms with Gasteiger partial charge in [-0.2, -0.15) is 0 Å². The molecule has 1 atom stereocenters. The van der Waals surface area contributed by atoms with Crippen molar-refractivity contribution in [2.24, 2.45) is 0 Å². The smallest absolute Gasteiger partial charge is 0.255 e.